The van der Waals surface area contributed by atoms with E-state index in [0.717, 1.165) is 25.0 Å². The standard InChI is InChI=1S/C20H22ClNO4/c1-14-11-15(21)8-9-18(14)26-13-20(23)22-17-6-2-3-7-19(17)25-12-16-5-4-10-24-16/h2-3,6-9,11,16H,4-5,10,12-13H2,1H3,(H,22,23). The van der Waals surface area contributed by atoms with Gasteiger partial charge in [0.25, 0.3) is 5.91 Å². The molecule has 2 aromatic carbocycles. The molecule has 1 heterocycles. The van der Waals surface area contributed by atoms with Crippen LogP contribution in [0.3, 0.4) is 0 Å². The van der Waals surface area contributed by atoms with Crippen LogP contribution in [0.5, 0.6) is 11.5 Å². The van der Waals surface area contributed by atoms with Crippen LogP contribution in [0.15, 0.2) is 42.5 Å². The molecule has 6 heteroatoms. The monoisotopic (exact) mass is 375 g/mol. The second-order valence-corrected chi connectivity index (χ2v) is 6.63. The van der Waals surface area contributed by atoms with Gasteiger partial charge in [-0.3, -0.25) is 4.79 Å². The van der Waals surface area contributed by atoms with Crippen LogP contribution in [0.2, 0.25) is 5.02 Å². The summed E-state index contributed by atoms with van der Waals surface area (Å²) in [6.45, 7) is 3.05. The van der Waals surface area contributed by atoms with E-state index in [1.165, 1.54) is 0 Å². The van der Waals surface area contributed by atoms with Crippen LogP contribution in [-0.4, -0.2) is 31.8 Å². The van der Waals surface area contributed by atoms with Crippen LogP contribution < -0.4 is 14.8 Å². The predicted octanol–water partition coefficient (Wildman–Crippen LogP) is 4.22. The van der Waals surface area contributed by atoms with Crippen molar-refractivity contribution in [3.63, 3.8) is 0 Å². The Balaban J connectivity index is 1.55. The summed E-state index contributed by atoms with van der Waals surface area (Å²) in [4.78, 5) is 12.2. The van der Waals surface area contributed by atoms with E-state index in [2.05, 4.69) is 5.32 Å². The summed E-state index contributed by atoms with van der Waals surface area (Å²) in [5.74, 6) is 0.999. The Morgan fingerprint density at radius 2 is 2.08 bits per heavy atom. The summed E-state index contributed by atoms with van der Waals surface area (Å²) in [5, 5.41) is 3.47. The normalized spacial score (nSPS) is 16.3. The molecule has 1 fully saturated rings. The number of amides is 1. The summed E-state index contributed by atoms with van der Waals surface area (Å²) >= 11 is 5.92. The van der Waals surface area contributed by atoms with Crippen molar-refractivity contribution in [2.75, 3.05) is 25.1 Å². The summed E-state index contributed by atoms with van der Waals surface area (Å²) in [6, 6.07) is 12.6. The number of ether oxygens (including phenoxy) is 3. The number of hydrogen-bond acceptors (Lipinski definition) is 4. The first kappa shape index (κ1) is 18.5. The number of halogens is 1. The lowest BCUT2D eigenvalue weighted by Crippen LogP contribution is -2.21. The minimum absolute atomic E-state index is 0.0947. The molecule has 1 unspecified atom stereocenters. The summed E-state index contributed by atoms with van der Waals surface area (Å²) in [6.07, 6.45) is 2.19. The Labute approximate surface area is 158 Å². The zero-order valence-corrected chi connectivity index (χ0v) is 15.4. The largest absolute Gasteiger partial charge is 0.489 e. The maximum atomic E-state index is 12.2. The van der Waals surface area contributed by atoms with Gasteiger partial charge >= 0.3 is 0 Å². The summed E-state index contributed by atoms with van der Waals surface area (Å²) in [5.41, 5.74) is 1.50. The number of nitrogens with one attached hydrogen (secondary N) is 1. The van der Waals surface area contributed by atoms with Crippen LogP contribution in [0, 0.1) is 6.92 Å². The quantitative estimate of drug-likeness (QED) is 0.787. The first-order chi connectivity index (χ1) is 12.6. The Hall–Kier alpha value is -2.24. The lowest BCUT2D eigenvalue weighted by Gasteiger charge is -2.15. The van der Waals surface area contributed by atoms with Gasteiger partial charge in [-0.1, -0.05) is 23.7 Å². The lowest BCUT2D eigenvalue weighted by atomic mass is 10.2. The van der Waals surface area contributed by atoms with E-state index < -0.39 is 0 Å². The fourth-order valence-corrected chi connectivity index (χ4v) is 2.99. The third kappa shape index (κ3) is 5.13. The zero-order chi connectivity index (χ0) is 18.4. The number of aryl methyl sites for hydroxylation is 1. The van der Waals surface area contributed by atoms with Crippen LogP contribution in [-0.2, 0) is 9.53 Å². The third-order valence-corrected chi connectivity index (χ3v) is 4.34. The molecule has 138 valence electrons. The van der Waals surface area contributed by atoms with E-state index in [9.17, 15) is 4.79 Å². The number of benzene rings is 2. The zero-order valence-electron chi connectivity index (χ0n) is 14.7. The minimum Gasteiger partial charge on any atom is -0.489 e. The molecule has 1 N–H and O–H groups in total. The maximum Gasteiger partial charge on any atom is 0.262 e. The van der Waals surface area contributed by atoms with Crippen molar-refractivity contribution >= 4 is 23.2 Å². The average molecular weight is 376 g/mol. The van der Waals surface area contributed by atoms with Crippen molar-refractivity contribution in [1.82, 2.24) is 0 Å². The highest BCUT2D eigenvalue weighted by Gasteiger charge is 2.17. The molecule has 0 aromatic heterocycles. The van der Waals surface area contributed by atoms with E-state index >= 15 is 0 Å². The van der Waals surface area contributed by atoms with Crippen molar-refractivity contribution in [2.24, 2.45) is 0 Å². The highest BCUT2D eigenvalue weighted by molar-refractivity contribution is 6.30. The number of anilines is 1. The van der Waals surface area contributed by atoms with Crippen molar-refractivity contribution in [3.05, 3.63) is 53.1 Å². The molecule has 2 aromatic rings. The lowest BCUT2D eigenvalue weighted by molar-refractivity contribution is -0.118. The summed E-state index contributed by atoms with van der Waals surface area (Å²) in [7, 11) is 0. The molecule has 0 spiro atoms. The van der Waals surface area contributed by atoms with Gasteiger partial charge < -0.3 is 19.5 Å². The maximum absolute atomic E-state index is 12.2. The molecule has 0 bridgehead atoms. The Morgan fingerprint density at radius 3 is 2.85 bits per heavy atom. The molecule has 0 saturated carbocycles. The minimum atomic E-state index is -0.257. The van der Waals surface area contributed by atoms with E-state index in [1.807, 2.05) is 25.1 Å². The SMILES string of the molecule is Cc1cc(Cl)ccc1OCC(=O)Nc1ccccc1OCC1CCCO1. The smallest absolute Gasteiger partial charge is 0.262 e. The fourth-order valence-electron chi connectivity index (χ4n) is 2.76. The molecule has 1 saturated heterocycles. The first-order valence-electron chi connectivity index (χ1n) is 8.64. The van der Waals surface area contributed by atoms with Gasteiger partial charge in [0, 0.05) is 11.6 Å². The fraction of sp³-hybridized carbons (Fsp3) is 0.350. The number of carbonyl (C=O) groups excluding carboxylic acids is 1. The third-order valence-electron chi connectivity index (χ3n) is 4.11. The van der Waals surface area contributed by atoms with Crippen molar-refractivity contribution in [1.29, 1.82) is 0 Å². The molecule has 1 amide bonds. The van der Waals surface area contributed by atoms with Crippen LogP contribution in [0.25, 0.3) is 0 Å². The molecule has 0 aliphatic carbocycles. The van der Waals surface area contributed by atoms with Gasteiger partial charge in [0.05, 0.1) is 11.8 Å². The van der Waals surface area contributed by atoms with Crippen molar-refractivity contribution in [2.45, 2.75) is 25.9 Å². The number of carbonyl (C=O) groups is 1. The molecule has 0 radical (unpaired) electrons. The molecule has 1 aliphatic rings. The molecule has 5 nitrogen and oxygen atoms in total. The first-order valence-corrected chi connectivity index (χ1v) is 9.02. The van der Waals surface area contributed by atoms with Crippen LogP contribution in [0.1, 0.15) is 18.4 Å². The molecule has 1 atom stereocenters. The Bertz CT molecular complexity index is 759. The molecule has 3 rings (SSSR count). The highest BCUT2D eigenvalue weighted by Crippen LogP contribution is 2.25. The average Bonchev–Trinajstić information content (AvgIpc) is 3.14. The van der Waals surface area contributed by atoms with Crippen LogP contribution in [0.4, 0.5) is 5.69 Å². The van der Waals surface area contributed by atoms with E-state index in [0.29, 0.717) is 28.8 Å². The van der Waals surface area contributed by atoms with E-state index in [4.69, 9.17) is 25.8 Å². The second kappa shape index (κ2) is 8.92. The highest BCUT2D eigenvalue weighted by atomic mass is 35.5. The number of hydrogen-bond donors (Lipinski definition) is 1. The molecular formula is C20H22ClNO4. The second-order valence-electron chi connectivity index (χ2n) is 6.19. The van der Waals surface area contributed by atoms with Gasteiger partial charge in [-0.15, -0.1) is 0 Å². The molecular weight excluding hydrogens is 354 g/mol. The van der Waals surface area contributed by atoms with Crippen LogP contribution >= 0.6 is 11.6 Å². The van der Waals surface area contributed by atoms with Crippen molar-refractivity contribution < 1.29 is 19.0 Å². The van der Waals surface area contributed by atoms with Gasteiger partial charge in [0.1, 0.15) is 18.1 Å². The summed E-state index contributed by atoms with van der Waals surface area (Å²) < 4.78 is 17.0. The molecule has 1 aliphatic heterocycles. The number of para-hydroxylation sites is 2. The van der Waals surface area contributed by atoms with Gasteiger partial charge in [-0.2, -0.15) is 0 Å². The molecule has 26 heavy (non-hydrogen) atoms. The van der Waals surface area contributed by atoms with Gasteiger partial charge in [0.2, 0.25) is 0 Å². The van der Waals surface area contributed by atoms with Crippen molar-refractivity contribution in [3.8, 4) is 11.5 Å². The Kier molecular flexibility index (Phi) is 6.36. The van der Waals surface area contributed by atoms with Gasteiger partial charge in [-0.25, -0.2) is 0 Å². The van der Waals surface area contributed by atoms with Gasteiger partial charge in [-0.05, 0) is 55.7 Å². The predicted molar refractivity (Wildman–Crippen MR) is 101 cm³/mol. The van der Waals surface area contributed by atoms with E-state index in [-0.39, 0.29) is 18.6 Å². The van der Waals surface area contributed by atoms with Gasteiger partial charge in [0.15, 0.2) is 6.61 Å². The topological polar surface area (TPSA) is 56.8 Å². The van der Waals surface area contributed by atoms with E-state index in [1.54, 1.807) is 24.3 Å². The Morgan fingerprint density at radius 1 is 1.23 bits per heavy atom. The number of rotatable bonds is 7.